The van der Waals surface area contributed by atoms with Crippen molar-refractivity contribution in [3.8, 4) is 5.75 Å². The van der Waals surface area contributed by atoms with Crippen LogP contribution in [0.25, 0.3) is 0 Å². The average molecular weight is 337 g/mol. The van der Waals surface area contributed by atoms with E-state index < -0.39 is 12.1 Å². The highest BCUT2D eigenvalue weighted by Crippen LogP contribution is 2.22. The number of hydrogen-bond acceptors (Lipinski definition) is 5. The lowest BCUT2D eigenvalue weighted by Crippen LogP contribution is -2.14. The van der Waals surface area contributed by atoms with Crippen LogP contribution in [0.15, 0.2) is 18.2 Å². The SMILES string of the molecule is CCCCCCCCCCOC(=O)Oc1ccc(N)cc1C(=O)O. The van der Waals surface area contributed by atoms with Crippen molar-refractivity contribution < 1.29 is 24.2 Å². The van der Waals surface area contributed by atoms with Crippen LogP contribution in [0.3, 0.4) is 0 Å². The second kappa shape index (κ2) is 11.3. The number of anilines is 1. The first-order valence-electron chi connectivity index (χ1n) is 8.52. The van der Waals surface area contributed by atoms with Crippen LogP contribution in [0.2, 0.25) is 0 Å². The van der Waals surface area contributed by atoms with Crippen molar-refractivity contribution in [2.45, 2.75) is 58.3 Å². The molecule has 0 bridgehead atoms. The van der Waals surface area contributed by atoms with Gasteiger partial charge in [0.2, 0.25) is 0 Å². The number of carbonyl (C=O) groups is 2. The van der Waals surface area contributed by atoms with Gasteiger partial charge >= 0.3 is 12.1 Å². The number of aromatic carboxylic acids is 1. The molecule has 6 heteroatoms. The summed E-state index contributed by atoms with van der Waals surface area (Å²) in [6.45, 7) is 2.46. The fraction of sp³-hybridized carbons (Fsp3) is 0.556. The normalized spacial score (nSPS) is 10.4. The van der Waals surface area contributed by atoms with E-state index in [1.807, 2.05) is 0 Å². The summed E-state index contributed by atoms with van der Waals surface area (Å²) < 4.78 is 9.91. The smallest absolute Gasteiger partial charge is 0.478 e. The zero-order valence-electron chi connectivity index (χ0n) is 14.3. The molecule has 1 rings (SSSR count). The summed E-state index contributed by atoms with van der Waals surface area (Å²) in [7, 11) is 0. The van der Waals surface area contributed by atoms with E-state index in [2.05, 4.69) is 6.92 Å². The Morgan fingerprint density at radius 1 is 1.04 bits per heavy atom. The monoisotopic (exact) mass is 337 g/mol. The van der Waals surface area contributed by atoms with E-state index in [-0.39, 0.29) is 23.6 Å². The minimum absolute atomic E-state index is 0.0716. The van der Waals surface area contributed by atoms with E-state index in [0.29, 0.717) is 0 Å². The lowest BCUT2D eigenvalue weighted by Gasteiger charge is -2.08. The molecule has 0 aliphatic carbocycles. The van der Waals surface area contributed by atoms with Gasteiger partial charge in [0.15, 0.2) is 0 Å². The molecule has 0 unspecified atom stereocenters. The minimum Gasteiger partial charge on any atom is -0.478 e. The minimum atomic E-state index is -1.21. The predicted molar refractivity (Wildman–Crippen MR) is 92.4 cm³/mol. The first-order chi connectivity index (χ1) is 11.5. The van der Waals surface area contributed by atoms with Crippen LogP contribution in [0.4, 0.5) is 10.5 Å². The molecule has 0 aliphatic rings. The highest BCUT2D eigenvalue weighted by atomic mass is 16.7. The van der Waals surface area contributed by atoms with Crippen LogP contribution < -0.4 is 10.5 Å². The van der Waals surface area contributed by atoms with E-state index >= 15 is 0 Å². The number of ether oxygens (including phenoxy) is 2. The van der Waals surface area contributed by atoms with Gasteiger partial charge < -0.3 is 20.3 Å². The number of nitrogen functional groups attached to an aromatic ring is 1. The molecule has 3 N–H and O–H groups in total. The number of carboxylic acid groups (broad SMARTS) is 1. The molecular weight excluding hydrogens is 310 g/mol. The third-order valence-corrected chi connectivity index (χ3v) is 3.65. The van der Waals surface area contributed by atoms with Crippen molar-refractivity contribution in [2.24, 2.45) is 0 Å². The summed E-state index contributed by atoms with van der Waals surface area (Å²) in [5, 5.41) is 9.07. The summed E-state index contributed by atoms with van der Waals surface area (Å²) in [5.74, 6) is -1.29. The molecule has 0 atom stereocenters. The second-order valence-corrected chi connectivity index (χ2v) is 5.74. The highest BCUT2D eigenvalue weighted by Gasteiger charge is 2.15. The average Bonchev–Trinajstić information content (AvgIpc) is 2.54. The lowest BCUT2D eigenvalue weighted by atomic mass is 10.1. The quantitative estimate of drug-likeness (QED) is 0.264. The van der Waals surface area contributed by atoms with Gasteiger partial charge in [0.25, 0.3) is 0 Å². The Bertz CT molecular complexity index is 530. The molecule has 0 amide bonds. The summed E-state index contributed by atoms with van der Waals surface area (Å²) in [6.07, 6.45) is 8.29. The van der Waals surface area contributed by atoms with Gasteiger partial charge in [0, 0.05) is 5.69 Å². The topological polar surface area (TPSA) is 98.9 Å². The van der Waals surface area contributed by atoms with Crippen molar-refractivity contribution in [1.82, 2.24) is 0 Å². The second-order valence-electron chi connectivity index (χ2n) is 5.74. The number of benzene rings is 1. The van der Waals surface area contributed by atoms with E-state index in [4.69, 9.17) is 20.3 Å². The van der Waals surface area contributed by atoms with Gasteiger partial charge in [0.1, 0.15) is 11.3 Å². The van der Waals surface area contributed by atoms with Crippen molar-refractivity contribution >= 4 is 17.8 Å². The maximum atomic E-state index is 11.6. The standard InChI is InChI=1S/C18H27NO5/c1-2-3-4-5-6-7-8-9-12-23-18(22)24-16-11-10-14(19)13-15(16)17(20)21/h10-11,13H,2-9,12,19H2,1H3,(H,20,21). The Kier molecular flexibility index (Phi) is 9.34. The molecule has 6 nitrogen and oxygen atoms in total. The van der Waals surface area contributed by atoms with Gasteiger partial charge in [-0.15, -0.1) is 0 Å². The number of unbranched alkanes of at least 4 members (excludes halogenated alkanes) is 7. The van der Waals surface area contributed by atoms with E-state index in [1.54, 1.807) is 0 Å². The first kappa shape index (κ1) is 19.8. The maximum absolute atomic E-state index is 11.6. The molecule has 0 aromatic heterocycles. The van der Waals surface area contributed by atoms with E-state index in [9.17, 15) is 9.59 Å². The third kappa shape index (κ3) is 7.85. The fourth-order valence-corrected chi connectivity index (χ4v) is 2.31. The molecular formula is C18H27NO5. The molecule has 0 fully saturated rings. The van der Waals surface area contributed by atoms with Crippen molar-refractivity contribution in [3.05, 3.63) is 23.8 Å². The molecule has 0 heterocycles. The van der Waals surface area contributed by atoms with Gasteiger partial charge in [-0.1, -0.05) is 51.9 Å². The number of rotatable bonds is 11. The Morgan fingerprint density at radius 2 is 1.67 bits per heavy atom. The fourth-order valence-electron chi connectivity index (χ4n) is 2.31. The zero-order chi connectivity index (χ0) is 17.8. The first-order valence-corrected chi connectivity index (χ1v) is 8.52. The van der Waals surface area contributed by atoms with Crippen LogP contribution in [-0.4, -0.2) is 23.8 Å². The van der Waals surface area contributed by atoms with Crippen LogP contribution >= 0.6 is 0 Å². The maximum Gasteiger partial charge on any atom is 0.513 e. The number of carboxylic acids is 1. The molecule has 134 valence electrons. The molecule has 0 spiro atoms. The Balaban J connectivity index is 2.22. The van der Waals surface area contributed by atoms with Gasteiger partial charge in [0.05, 0.1) is 6.61 Å². The van der Waals surface area contributed by atoms with Crippen LogP contribution in [0, 0.1) is 0 Å². The number of hydrogen-bond donors (Lipinski definition) is 2. The Morgan fingerprint density at radius 3 is 2.29 bits per heavy atom. The van der Waals surface area contributed by atoms with Crippen LogP contribution in [0.1, 0.15) is 68.6 Å². The summed E-state index contributed by atoms with van der Waals surface area (Å²) in [5.41, 5.74) is 5.64. The lowest BCUT2D eigenvalue weighted by molar-refractivity contribution is 0.0689. The van der Waals surface area contributed by atoms with Gasteiger partial charge in [-0.2, -0.15) is 0 Å². The zero-order valence-corrected chi connectivity index (χ0v) is 14.3. The number of carbonyl (C=O) groups excluding carboxylic acids is 1. The highest BCUT2D eigenvalue weighted by molar-refractivity contribution is 5.92. The molecule has 24 heavy (non-hydrogen) atoms. The molecule has 0 saturated carbocycles. The van der Waals surface area contributed by atoms with Crippen LogP contribution in [-0.2, 0) is 4.74 Å². The van der Waals surface area contributed by atoms with Gasteiger partial charge in [-0.05, 0) is 24.6 Å². The van der Waals surface area contributed by atoms with E-state index in [0.717, 1.165) is 19.3 Å². The third-order valence-electron chi connectivity index (χ3n) is 3.65. The summed E-state index contributed by atoms with van der Waals surface area (Å²) in [6, 6.07) is 4.05. The predicted octanol–water partition coefficient (Wildman–Crippen LogP) is 4.62. The Labute approximate surface area is 142 Å². The van der Waals surface area contributed by atoms with E-state index in [1.165, 1.54) is 50.3 Å². The molecule has 0 aliphatic heterocycles. The summed E-state index contributed by atoms with van der Waals surface area (Å²) >= 11 is 0. The molecule has 1 aromatic rings. The molecule has 1 aromatic carbocycles. The molecule has 0 saturated heterocycles. The summed E-state index contributed by atoms with van der Waals surface area (Å²) in [4.78, 5) is 22.7. The van der Waals surface area contributed by atoms with Crippen LogP contribution in [0.5, 0.6) is 5.75 Å². The van der Waals surface area contributed by atoms with Gasteiger partial charge in [-0.3, -0.25) is 0 Å². The Hall–Kier alpha value is -2.24. The number of nitrogens with two attached hydrogens (primary N) is 1. The largest absolute Gasteiger partial charge is 0.513 e. The van der Waals surface area contributed by atoms with Gasteiger partial charge in [-0.25, -0.2) is 9.59 Å². The van der Waals surface area contributed by atoms with Crippen molar-refractivity contribution in [2.75, 3.05) is 12.3 Å². The van der Waals surface area contributed by atoms with Crippen molar-refractivity contribution in [1.29, 1.82) is 0 Å². The molecule has 0 radical (unpaired) electrons. The van der Waals surface area contributed by atoms with Crippen molar-refractivity contribution in [3.63, 3.8) is 0 Å².